The first kappa shape index (κ1) is 18.7. The van der Waals surface area contributed by atoms with Gasteiger partial charge in [0, 0.05) is 45.1 Å². The van der Waals surface area contributed by atoms with E-state index in [1.165, 1.54) is 9.80 Å². The summed E-state index contributed by atoms with van der Waals surface area (Å²) in [6.07, 6.45) is 8.53. The monoisotopic (exact) mass is 416 g/mol. The van der Waals surface area contributed by atoms with E-state index in [1.54, 1.807) is 24.3 Å². The smallest absolute Gasteiger partial charge is 0.261 e. The molecule has 0 radical (unpaired) electrons. The normalized spacial score (nSPS) is 22.2. The number of nitrogens with zero attached hydrogens (tertiary/aromatic N) is 2. The van der Waals surface area contributed by atoms with Crippen LogP contribution in [0.1, 0.15) is 99.2 Å². The largest absolute Gasteiger partial charge is 0.271 e. The quantitative estimate of drug-likeness (QED) is 0.684. The molecule has 2 heterocycles. The minimum atomic E-state index is -0.303. The Bertz CT molecular complexity index is 1100. The van der Waals surface area contributed by atoms with Gasteiger partial charge in [0.05, 0.1) is 0 Å². The topological polar surface area (TPSA) is 74.8 Å². The SMILES string of the molecule is O=C1c2ccc3c4c(ccc(c24)C(=O)N1C1CCCCC1)C(=O)N(C1CCCC1)C3=O. The summed E-state index contributed by atoms with van der Waals surface area (Å²) in [6.45, 7) is 0. The molecule has 6 nitrogen and oxygen atoms in total. The third kappa shape index (κ3) is 2.51. The number of carbonyl (C=O) groups is 4. The molecule has 2 aliphatic carbocycles. The van der Waals surface area contributed by atoms with Gasteiger partial charge in [-0.3, -0.25) is 29.0 Å². The third-order valence-electron chi connectivity index (χ3n) is 7.59. The van der Waals surface area contributed by atoms with Crippen molar-refractivity contribution in [2.75, 3.05) is 0 Å². The Morgan fingerprint density at radius 3 is 1.10 bits per heavy atom. The molecule has 2 fully saturated rings. The summed E-state index contributed by atoms with van der Waals surface area (Å²) in [6, 6.07) is 6.56. The predicted molar refractivity (Wildman–Crippen MR) is 114 cm³/mol. The van der Waals surface area contributed by atoms with Crippen molar-refractivity contribution < 1.29 is 19.2 Å². The van der Waals surface area contributed by atoms with Crippen molar-refractivity contribution in [3.8, 4) is 0 Å². The molecule has 0 spiro atoms. The second-order valence-electron chi connectivity index (χ2n) is 9.26. The highest BCUT2D eigenvalue weighted by Crippen LogP contribution is 2.40. The van der Waals surface area contributed by atoms with Gasteiger partial charge in [-0.1, -0.05) is 32.1 Å². The fourth-order valence-electron chi connectivity index (χ4n) is 6.08. The Hall–Kier alpha value is -3.02. The van der Waals surface area contributed by atoms with E-state index < -0.39 is 0 Å². The summed E-state index contributed by atoms with van der Waals surface area (Å²) in [5.74, 6) is -1.21. The van der Waals surface area contributed by atoms with Crippen molar-refractivity contribution in [3.63, 3.8) is 0 Å². The average molecular weight is 416 g/mol. The van der Waals surface area contributed by atoms with E-state index >= 15 is 0 Å². The van der Waals surface area contributed by atoms with Gasteiger partial charge in [-0.25, -0.2) is 0 Å². The predicted octanol–water partition coefficient (Wildman–Crippen LogP) is 4.31. The van der Waals surface area contributed by atoms with Crippen LogP contribution in [0, 0.1) is 0 Å². The van der Waals surface area contributed by atoms with Gasteiger partial charge in [0.25, 0.3) is 23.6 Å². The van der Waals surface area contributed by atoms with Crippen LogP contribution >= 0.6 is 0 Å². The summed E-state index contributed by atoms with van der Waals surface area (Å²) in [4.78, 5) is 56.3. The third-order valence-corrected chi connectivity index (χ3v) is 7.59. The van der Waals surface area contributed by atoms with Gasteiger partial charge >= 0.3 is 0 Å². The zero-order valence-corrected chi connectivity index (χ0v) is 17.4. The Labute approximate surface area is 180 Å². The lowest BCUT2D eigenvalue weighted by Crippen LogP contribution is -2.49. The van der Waals surface area contributed by atoms with Crippen molar-refractivity contribution in [2.24, 2.45) is 0 Å². The van der Waals surface area contributed by atoms with E-state index in [4.69, 9.17) is 0 Å². The zero-order chi connectivity index (χ0) is 21.3. The maximum Gasteiger partial charge on any atom is 0.261 e. The van der Waals surface area contributed by atoms with Crippen LogP contribution in [0.15, 0.2) is 24.3 Å². The van der Waals surface area contributed by atoms with Gasteiger partial charge in [0.2, 0.25) is 0 Å². The molecule has 0 aromatic heterocycles. The minimum Gasteiger partial charge on any atom is -0.271 e. The molecule has 0 atom stereocenters. The molecule has 0 bridgehead atoms. The molecule has 31 heavy (non-hydrogen) atoms. The first-order chi connectivity index (χ1) is 15.1. The number of hydrogen-bond donors (Lipinski definition) is 0. The lowest BCUT2D eigenvalue weighted by molar-refractivity contribution is 0.0493. The van der Waals surface area contributed by atoms with E-state index in [0.717, 1.165) is 57.8 Å². The van der Waals surface area contributed by atoms with Crippen LogP contribution in [0.25, 0.3) is 10.8 Å². The van der Waals surface area contributed by atoms with Gasteiger partial charge in [-0.15, -0.1) is 0 Å². The van der Waals surface area contributed by atoms with E-state index in [-0.39, 0.29) is 35.7 Å². The molecule has 2 aliphatic heterocycles. The Morgan fingerprint density at radius 1 is 0.484 bits per heavy atom. The Kier molecular flexibility index (Phi) is 4.07. The molecule has 158 valence electrons. The van der Waals surface area contributed by atoms with Crippen LogP contribution in [-0.2, 0) is 0 Å². The van der Waals surface area contributed by atoms with E-state index in [9.17, 15) is 19.2 Å². The molecule has 0 saturated heterocycles. The molecule has 0 unspecified atom stereocenters. The van der Waals surface area contributed by atoms with Crippen LogP contribution in [0.4, 0.5) is 0 Å². The molecule has 2 aromatic rings. The lowest BCUT2D eigenvalue weighted by atomic mass is 9.84. The summed E-state index contributed by atoms with van der Waals surface area (Å²) in [5, 5.41) is 0.953. The average Bonchev–Trinajstić information content (AvgIpc) is 3.31. The number of hydrogen-bond acceptors (Lipinski definition) is 4. The number of carbonyl (C=O) groups excluding carboxylic acids is 4. The van der Waals surface area contributed by atoms with Gasteiger partial charge in [0.15, 0.2) is 0 Å². The van der Waals surface area contributed by atoms with E-state index in [1.807, 2.05) is 0 Å². The molecule has 2 aromatic carbocycles. The van der Waals surface area contributed by atoms with Gasteiger partial charge < -0.3 is 0 Å². The molecule has 6 rings (SSSR count). The summed E-state index contributed by atoms with van der Waals surface area (Å²) in [5.41, 5.74) is 1.70. The summed E-state index contributed by atoms with van der Waals surface area (Å²) < 4.78 is 0. The fraction of sp³-hybridized carbons (Fsp3) is 0.440. The number of amides is 4. The Morgan fingerprint density at radius 2 is 0.774 bits per heavy atom. The van der Waals surface area contributed by atoms with Crippen LogP contribution in [0.2, 0.25) is 0 Å². The number of imide groups is 2. The maximum atomic E-state index is 13.4. The van der Waals surface area contributed by atoms with Crippen molar-refractivity contribution in [1.29, 1.82) is 0 Å². The number of benzene rings is 2. The first-order valence-electron chi connectivity index (χ1n) is 11.4. The summed E-state index contributed by atoms with van der Waals surface area (Å²) >= 11 is 0. The second-order valence-corrected chi connectivity index (χ2v) is 9.26. The standard InChI is InChI=1S/C25H24N2O4/c28-22-16-10-12-18-21-19(25(31)27(24(18)30)15-8-4-5-9-15)13-11-17(20(16)21)23(29)26(22)14-6-2-1-3-7-14/h10-15H,1-9H2. The Balaban J connectivity index is 1.52. The zero-order valence-electron chi connectivity index (χ0n) is 17.4. The molecular weight excluding hydrogens is 392 g/mol. The molecular formula is C25H24N2O4. The highest BCUT2D eigenvalue weighted by Gasteiger charge is 2.43. The van der Waals surface area contributed by atoms with E-state index in [0.29, 0.717) is 33.0 Å². The van der Waals surface area contributed by atoms with Crippen molar-refractivity contribution in [3.05, 3.63) is 46.5 Å². The van der Waals surface area contributed by atoms with Gasteiger partial charge in [0.1, 0.15) is 0 Å². The second kappa shape index (κ2) is 6.74. The van der Waals surface area contributed by atoms with E-state index in [2.05, 4.69) is 0 Å². The molecule has 4 aliphatic rings. The van der Waals surface area contributed by atoms with Crippen LogP contribution in [0.3, 0.4) is 0 Å². The first-order valence-corrected chi connectivity index (χ1v) is 11.4. The molecule has 6 heteroatoms. The van der Waals surface area contributed by atoms with Gasteiger partial charge in [-0.05, 0) is 49.9 Å². The molecule has 4 amide bonds. The minimum absolute atomic E-state index is 0.0690. The maximum absolute atomic E-state index is 13.4. The summed E-state index contributed by atoms with van der Waals surface area (Å²) in [7, 11) is 0. The number of rotatable bonds is 2. The van der Waals surface area contributed by atoms with Crippen molar-refractivity contribution in [1.82, 2.24) is 9.80 Å². The lowest BCUT2D eigenvalue weighted by Gasteiger charge is -2.37. The van der Waals surface area contributed by atoms with Crippen molar-refractivity contribution in [2.45, 2.75) is 69.9 Å². The fourth-order valence-corrected chi connectivity index (χ4v) is 6.08. The molecule has 2 saturated carbocycles. The molecule has 0 N–H and O–H groups in total. The highest BCUT2D eigenvalue weighted by molar-refractivity contribution is 6.33. The van der Waals surface area contributed by atoms with Crippen LogP contribution in [0.5, 0.6) is 0 Å². The van der Waals surface area contributed by atoms with Crippen LogP contribution in [-0.4, -0.2) is 45.5 Å². The van der Waals surface area contributed by atoms with Crippen molar-refractivity contribution >= 4 is 34.4 Å². The van der Waals surface area contributed by atoms with Gasteiger partial charge in [-0.2, -0.15) is 0 Å². The van der Waals surface area contributed by atoms with Crippen LogP contribution < -0.4 is 0 Å². The highest BCUT2D eigenvalue weighted by atomic mass is 16.2.